The van der Waals surface area contributed by atoms with E-state index >= 15 is 0 Å². The predicted octanol–water partition coefficient (Wildman–Crippen LogP) is 0.884. The summed E-state index contributed by atoms with van der Waals surface area (Å²) in [6.45, 7) is 3.64. The fourth-order valence-corrected chi connectivity index (χ4v) is 5.40. The lowest BCUT2D eigenvalue weighted by Gasteiger charge is -2.33. The van der Waals surface area contributed by atoms with Gasteiger partial charge in [0.25, 0.3) is 5.91 Å². The molecule has 2 unspecified atom stereocenters. The van der Waals surface area contributed by atoms with Gasteiger partial charge in [0.05, 0.1) is 22.7 Å². The minimum Gasteiger partial charge on any atom is -0.479 e. The number of carbonyl (C=O) groups excluding carboxylic acids is 2. The highest BCUT2D eigenvalue weighted by atomic mass is 32.2. The number of para-hydroxylation sites is 2. The van der Waals surface area contributed by atoms with Crippen LogP contribution in [-0.2, 0) is 19.4 Å². The molecule has 2 atom stereocenters. The van der Waals surface area contributed by atoms with E-state index in [0.29, 0.717) is 17.9 Å². The standard InChI is InChI=1S/C17H22N2O5S/c1-12-16(21)19(13-5-3-4-6-14(13)24-12)9-7-15(20)18-17(2)8-10-25(22,23)11-17/h3-6,12H,7-11H2,1-2H3,(H,18,20). The van der Waals surface area contributed by atoms with Crippen LogP contribution in [0.1, 0.15) is 26.7 Å². The molecule has 1 aromatic carbocycles. The molecule has 25 heavy (non-hydrogen) atoms. The SMILES string of the molecule is CC1Oc2ccccc2N(CCC(=O)NC2(C)CCS(=O)(=O)C2)C1=O. The minimum absolute atomic E-state index is 0.0396. The van der Waals surface area contributed by atoms with Crippen molar-refractivity contribution >= 4 is 27.3 Å². The molecule has 0 saturated carbocycles. The molecule has 8 heteroatoms. The number of hydrogen-bond donors (Lipinski definition) is 1. The normalized spacial score (nSPS) is 27.5. The predicted molar refractivity (Wildman–Crippen MR) is 93.3 cm³/mol. The third kappa shape index (κ3) is 3.78. The van der Waals surface area contributed by atoms with Crippen LogP contribution in [0.5, 0.6) is 5.75 Å². The molecule has 1 saturated heterocycles. The summed E-state index contributed by atoms with van der Waals surface area (Å²) in [4.78, 5) is 26.2. The van der Waals surface area contributed by atoms with Gasteiger partial charge in [-0.05, 0) is 32.4 Å². The summed E-state index contributed by atoms with van der Waals surface area (Å²) in [6, 6.07) is 7.20. The van der Waals surface area contributed by atoms with E-state index in [1.807, 2.05) is 12.1 Å². The average molecular weight is 366 g/mol. The van der Waals surface area contributed by atoms with Crippen molar-refractivity contribution in [1.82, 2.24) is 5.32 Å². The molecule has 2 amide bonds. The monoisotopic (exact) mass is 366 g/mol. The fourth-order valence-electron chi connectivity index (χ4n) is 3.31. The number of amides is 2. The lowest BCUT2D eigenvalue weighted by atomic mass is 10.0. The zero-order valence-electron chi connectivity index (χ0n) is 14.3. The van der Waals surface area contributed by atoms with Crippen molar-refractivity contribution in [3.8, 4) is 5.75 Å². The Morgan fingerprint density at radius 2 is 2.12 bits per heavy atom. The van der Waals surface area contributed by atoms with E-state index in [1.165, 1.54) is 0 Å². The van der Waals surface area contributed by atoms with Crippen molar-refractivity contribution in [2.24, 2.45) is 0 Å². The molecule has 1 aromatic rings. The van der Waals surface area contributed by atoms with Crippen LogP contribution < -0.4 is 15.0 Å². The largest absolute Gasteiger partial charge is 0.479 e. The molecule has 2 heterocycles. The maximum Gasteiger partial charge on any atom is 0.267 e. The van der Waals surface area contributed by atoms with Gasteiger partial charge in [0.2, 0.25) is 5.91 Å². The smallest absolute Gasteiger partial charge is 0.267 e. The third-order valence-corrected chi connectivity index (χ3v) is 6.48. The van der Waals surface area contributed by atoms with Gasteiger partial charge >= 0.3 is 0 Å². The number of nitrogens with one attached hydrogen (secondary N) is 1. The highest BCUT2D eigenvalue weighted by molar-refractivity contribution is 7.91. The van der Waals surface area contributed by atoms with Gasteiger partial charge in [-0.1, -0.05) is 12.1 Å². The number of ether oxygens (including phenoxy) is 1. The van der Waals surface area contributed by atoms with Gasteiger partial charge in [0, 0.05) is 13.0 Å². The van der Waals surface area contributed by atoms with Crippen LogP contribution >= 0.6 is 0 Å². The maximum atomic E-state index is 12.4. The molecule has 3 rings (SSSR count). The number of carbonyl (C=O) groups is 2. The van der Waals surface area contributed by atoms with Crippen LogP contribution in [0.4, 0.5) is 5.69 Å². The summed E-state index contributed by atoms with van der Waals surface area (Å²) in [7, 11) is -3.09. The van der Waals surface area contributed by atoms with Crippen LogP contribution in [0.25, 0.3) is 0 Å². The lowest BCUT2D eigenvalue weighted by Crippen LogP contribution is -2.49. The van der Waals surface area contributed by atoms with Crippen molar-refractivity contribution in [1.29, 1.82) is 0 Å². The van der Waals surface area contributed by atoms with E-state index in [0.717, 1.165) is 0 Å². The molecular weight excluding hydrogens is 344 g/mol. The van der Waals surface area contributed by atoms with E-state index in [1.54, 1.807) is 30.9 Å². The molecule has 0 radical (unpaired) electrons. The number of anilines is 1. The van der Waals surface area contributed by atoms with Crippen LogP contribution in [-0.4, -0.2) is 49.9 Å². The highest BCUT2D eigenvalue weighted by Crippen LogP contribution is 2.33. The molecule has 0 aliphatic carbocycles. The Kier molecular flexibility index (Phi) is 4.49. The lowest BCUT2D eigenvalue weighted by molar-refractivity contribution is -0.125. The first-order chi connectivity index (χ1) is 11.7. The van der Waals surface area contributed by atoms with Crippen LogP contribution in [0, 0.1) is 0 Å². The Hall–Kier alpha value is -2.09. The van der Waals surface area contributed by atoms with E-state index in [9.17, 15) is 18.0 Å². The average Bonchev–Trinajstić information content (AvgIpc) is 2.81. The van der Waals surface area contributed by atoms with Crippen molar-refractivity contribution in [2.75, 3.05) is 23.0 Å². The Balaban J connectivity index is 1.65. The number of nitrogens with zero attached hydrogens (tertiary/aromatic N) is 1. The molecule has 0 bridgehead atoms. The van der Waals surface area contributed by atoms with Crippen LogP contribution in [0.15, 0.2) is 24.3 Å². The van der Waals surface area contributed by atoms with E-state index in [4.69, 9.17) is 4.74 Å². The second-order valence-electron chi connectivity index (χ2n) is 6.92. The molecule has 0 aromatic heterocycles. The highest BCUT2D eigenvalue weighted by Gasteiger charge is 2.39. The second kappa shape index (κ2) is 6.33. The number of sulfone groups is 1. The van der Waals surface area contributed by atoms with Gasteiger partial charge in [0.1, 0.15) is 5.75 Å². The van der Waals surface area contributed by atoms with Gasteiger partial charge in [-0.3, -0.25) is 9.59 Å². The van der Waals surface area contributed by atoms with Crippen molar-refractivity contribution < 1.29 is 22.7 Å². The zero-order chi connectivity index (χ0) is 18.2. The second-order valence-corrected chi connectivity index (χ2v) is 9.10. The van der Waals surface area contributed by atoms with Crippen LogP contribution in [0.3, 0.4) is 0 Å². The summed E-state index contributed by atoms with van der Waals surface area (Å²) in [5.41, 5.74) is -0.0797. The number of fused-ring (bicyclic) bond motifs is 1. The first kappa shape index (κ1) is 17.7. The fraction of sp³-hybridized carbons (Fsp3) is 0.529. The number of hydrogen-bond acceptors (Lipinski definition) is 5. The quantitative estimate of drug-likeness (QED) is 0.854. The molecule has 2 aliphatic heterocycles. The van der Waals surface area contributed by atoms with Gasteiger partial charge in [-0.15, -0.1) is 0 Å². The Morgan fingerprint density at radius 3 is 2.80 bits per heavy atom. The zero-order valence-corrected chi connectivity index (χ0v) is 15.1. The Morgan fingerprint density at radius 1 is 1.40 bits per heavy atom. The molecule has 0 spiro atoms. The Bertz CT molecular complexity index is 807. The first-order valence-corrected chi connectivity index (χ1v) is 10.1. The summed E-state index contributed by atoms with van der Waals surface area (Å²) in [5, 5.41) is 2.81. The maximum absolute atomic E-state index is 12.4. The van der Waals surface area contributed by atoms with Gasteiger partial charge in [-0.2, -0.15) is 0 Å². The summed E-state index contributed by atoms with van der Waals surface area (Å²) >= 11 is 0. The summed E-state index contributed by atoms with van der Waals surface area (Å²) in [6.07, 6.45) is -0.0877. The van der Waals surface area contributed by atoms with Gasteiger partial charge in [-0.25, -0.2) is 8.42 Å². The summed E-state index contributed by atoms with van der Waals surface area (Å²) < 4.78 is 28.8. The Labute approximate surface area is 147 Å². The minimum atomic E-state index is -3.09. The number of benzene rings is 1. The van der Waals surface area contributed by atoms with Crippen molar-refractivity contribution in [2.45, 2.75) is 38.3 Å². The van der Waals surface area contributed by atoms with Gasteiger partial charge < -0.3 is 15.0 Å². The van der Waals surface area contributed by atoms with E-state index in [2.05, 4.69) is 5.32 Å². The molecule has 7 nitrogen and oxygen atoms in total. The summed E-state index contributed by atoms with van der Waals surface area (Å²) in [5.74, 6) is 0.215. The third-order valence-electron chi connectivity index (χ3n) is 4.58. The molecule has 1 fully saturated rings. The first-order valence-electron chi connectivity index (χ1n) is 8.28. The van der Waals surface area contributed by atoms with Gasteiger partial charge in [0.15, 0.2) is 15.9 Å². The molecular formula is C17H22N2O5S. The molecule has 136 valence electrons. The van der Waals surface area contributed by atoms with Crippen molar-refractivity contribution in [3.63, 3.8) is 0 Å². The van der Waals surface area contributed by atoms with Crippen LogP contribution in [0.2, 0.25) is 0 Å². The topological polar surface area (TPSA) is 92.8 Å². The van der Waals surface area contributed by atoms with E-state index < -0.39 is 21.5 Å². The van der Waals surface area contributed by atoms with Crippen molar-refractivity contribution in [3.05, 3.63) is 24.3 Å². The molecule has 2 aliphatic rings. The number of rotatable bonds is 4. The van der Waals surface area contributed by atoms with E-state index in [-0.39, 0.29) is 36.3 Å². The molecule has 1 N–H and O–H groups in total.